The minimum atomic E-state index is -0.523. The van der Waals surface area contributed by atoms with E-state index in [9.17, 15) is 9.59 Å². The summed E-state index contributed by atoms with van der Waals surface area (Å²) in [4.78, 5) is 23.6. The summed E-state index contributed by atoms with van der Waals surface area (Å²) in [6.45, 7) is 3.71. The van der Waals surface area contributed by atoms with Gasteiger partial charge in [-0.25, -0.2) is 0 Å². The second-order valence-corrected chi connectivity index (χ2v) is 6.00. The quantitative estimate of drug-likeness (QED) is 0.819. The molecule has 0 spiro atoms. The molecular weight excluding hydrogens is 310 g/mol. The lowest BCUT2D eigenvalue weighted by atomic mass is 10.1. The molecular formula is C17H19N3O4. The smallest absolute Gasteiger partial charge is 0.291 e. The molecule has 1 heterocycles. The summed E-state index contributed by atoms with van der Waals surface area (Å²) < 4.78 is 10.5. The highest BCUT2D eigenvalue weighted by Crippen LogP contribution is 2.40. The third-order valence-corrected chi connectivity index (χ3v) is 3.62. The van der Waals surface area contributed by atoms with Crippen molar-refractivity contribution in [3.05, 3.63) is 46.8 Å². The first-order chi connectivity index (χ1) is 11.5. The summed E-state index contributed by atoms with van der Waals surface area (Å²) in [5, 5.41) is 3.70. The molecule has 0 atom stereocenters. The molecule has 1 saturated carbocycles. The molecule has 2 amide bonds. The fraction of sp³-hybridized carbons (Fsp3) is 0.353. The van der Waals surface area contributed by atoms with Crippen LogP contribution in [0.4, 0.5) is 0 Å². The third-order valence-electron chi connectivity index (χ3n) is 3.62. The Morgan fingerprint density at radius 1 is 1.17 bits per heavy atom. The van der Waals surface area contributed by atoms with E-state index in [1.165, 1.54) is 0 Å². The molecule has 3 rings (SSSR count). The number of hydrogen-bond acceptors (Lipinski definition) is 5. The second kappa shape index (κ2) is 6.74. The van der Waals surface area contributed by atoms with E-state index in [0.717, 1.165) is 24.0 Å². The second-order valence-electron chi connectivity index (χ2n) is 6.00. The first kappa shape index (κ1) is 16.0. The monoisotopic (exact) mass is 329 g/mol. The molecule has 0 unspecified atom stereocenters. The van der Waals surface area contributed by atoms with Crippen LogP contribution in [0.25, 0.3) is 0 Å². The molecule has 7 heteroatoms. The fourth-order valence-corrected chi connectivity index (χ4v) is 2.35. The number of nitrogens with one attached hydrogen (secondary N) is 2. The van der Waals surface area contributed by atoms with Gasteiger partial charge in [0.2, 0.25) is 0 Å². The normalized spacial score (nSPS) is 13.4. The molecule has 0 aliphatic heterocycles. The summed E-state index contributed by atoms with van der Waals surface area (Å²) in [6, 6.07) is 7.30. The molecule has 126 valence electrons. The highest BCUT2D eigenvalue weighted by atomic mass is 16.5. The molecule has 1 aromatic carbocycles. The lowest BCUT2D eigenvalue weighted by molar-refractivity contribution is -0.123. The van der Waals surface area contributed by atoms with Gasteiger partial charge in [-0.05, 0) is 49.9 Å². The van der Waals surface area contributed by atoms with Gasteiger partial charge in [0.05, 0.1) is 0 Å². The van der Waals surface area contributed by atoms with E-state index < -0.39 is 11.8 Å². The van der Waals surface area contributed by atoms with E-state index in [1.807, 2.05) is 32.0 Å². The van der Waals surface area contributed by atoms with E-state index in [-0.39, 0.29) is 12.3 Å². The lowest BCUT2D eigenvalue weighted by Crippen LogP contribution is -2.43. The lowest BCUT2D eigenvalue weighted by Gasteiger charge is -2.09. The van der Waals surface area contributed by atoms with Crippen molar-refractivity contribution in [3.8, 4) is 5.75 Å². The van der Waals surface area contributed by atoms with Crippen LogP contribution < -0.4 is 15.6 Å². The summed E-state index contributed by atoms with van der Waals surface area (Å²) >= 11 is 0. The maximum absolute atomic E-state index is 11.9. The van der Waals surface area contributed by atoms with Gasteiger partial charge in [0.15, 0.2) is 12.3 Å². The maximum Gasteiger partial charge on any atom is 0.291 e. The number of benzene rings is 1. The van der Waals surface area contributed by atoms with Crippen molar-refractivity contribution in [1.82, 2.24) is 16.0 Å². The zero-order valence-electron chi connectivity index (χ0n) is 13.6. The van der Waals surface area contributed by atoms with Crippen LogP contribution in [0.1, 0.15) is 46.1 Å². The highest BCUT2D eigenvalue weighted by Gasteiger charge is 2.28. The van der Waals surface area contributed by atoms with Gasteiger partial charge in [-0.15, -0.1) is 0 Å². The number of hydrazine groups is 1. The van der Waals surface area contributed by atoms with Gasteiger partial charge in [0, 0.05) is 12.0 Å². The Labute approximate surface area is 139 Å². The standard InChI is InChI=1S/C17H19N3O4/c1-10-5-11(2)7-13(6-10)23-9-16(21)18-19-17(22)14-8-15(24-20-14)12-3-4-12/h5-8,12H,3-4,9H2,1-2H3,(H,18,21)(H,19,22). The Morgan fingerprint density at radius 3 is 2.54 bits per heavy atom. The molecule has 1 aliphatic carbocycles. The minimum Gasteiger partial charge on any atom is -0.484 e. The molecule has 0 radical (unpaired) electrons. The molecule has 7 nitrogen and oxygen atoms in total. The van der Waals surface area contributed by atoms with E-state index in [1.54, 1.807) is 6.07 Å². The molecule has 1 fully saturated rings. The molecule has 24 heavy (non-hydrogen) atoms. The van der Waals surface area contributed by atoms with Gasteiger partial charge < -0.3 is 9.26 Å². The van der Waals surface area contributed by atoms with Crippen LogP contribution in [0.3, 0.4) is 0 Å². The zero-order valence-corrected chi connectivity index (χ0v) is 13.6. The summed E-state index contributed by atoms with van der Waals surface area (Å²) in [5.74, 6) is 0.711. The van der Waals surface area contributed by atoms with Crippen molar-refractivity contribution in [1.29, 1.82) is 0 Å². The van der Waals surface area contributed by atoms with Crippen molar-refractivity contribution in [2.24, 2.45) is 0 Å². The zero-order chi connectivity index (χ0) is 17.1. The van der Waals surface area contributed by atoms with Gasteiger partial charge in [0.1, 0.15) is 11.5 Å². The maximum atomic E-state index is 11.9. The molecule has 0 bridgehead atoms. The number of carbonyl (C=O) groups is 2. The Hall–Kier alpha value is -2.83. The van der Waals surface area contributed by atoms with Crippen molar-refractivity contribution in [2.75, 3.05) is 6.61 Å². The van der Waals surface area contributed by atoms with E-state index in [2.05, 4.69) is 16.0 Å². The van der Waals surface area contributed by atoms with Crippen molar-refractivity contribution >= 4 is 11.8 Å². The molecule has 0 saturated heterocycles. The van der Waals surface area contributed by atoms with Crippen LogP contribution in [0.2, 0.25) is 0 Å². The van der Waals surface area contributed by atoms with Crippen molar-refractivity contribution in [2.45, 2.75) is 32.6 Å². The topological polar surface area (TPSA) is 93.5 Å². The van der Waals surface area contributed by atoms with E-state index >= 15 is 0 Å². The summed E-state index contributed by atoms with van der Waals surface area (Å²) in [6.07, 6.45) is 2.12. The Kier molecular flexibility index (Phi) is 4.50. The average Bonchev–Trinajstić information content (AvgIpc) is 3.27. The number of ether oxygens (including phenoxy) is 1. The molecule has 2 aromatic rings. The van der Waals surface area contributed by atoms with E-state index in [0.29, 0.717) is 17.4 Å². The number of hydrogen-bond donors (Lipinski definition) is 2. The first-order valence-electron chi connectivity index (χ1n) is 7.78. The summed E-state index contributed by atoms with van der Waals surface area (Å²) in [5.41, 5.74) is 6.83. The van der Waals surface area contributed by atoms with Crippen LogP contribution in [0.15, 0.2) is 28.8 Å². The first-order valence-corrected chi connectivity index (χ1v) is 7.78. The van der Waals surface area contributed by atoms with Crippen LogP contribution in [-0.4, -0.2) is 23.6 Å². The van der Waals surface area contributed by atoms with Crippen molar-refractivity contribution in [3.63, 3.8) is 0 Å². The molecule has 1 aliphatic rings. The Morgan fingerprint density at radius 2 is 1.88 bits per heavy atom. The average molecular weight is 329 g/mol. The number of rotatable bonds is 5. The van der Waals surface area contributed by atoms with Crippen LogP contribution >= 0.6 is 0 Å². The van der Waals surface area contributed by atoms with Gasteiger partial charge >= 0.3 is 0 Å². The van der Waals surface area contributed by atoms with Crippen LogP contribution in [-0.2, 0) is 4.79 Å². The predicted octanol–water partition coefficient (Wildman–Crippen LogP) is 2.01. The molecule has 2 N–H and O–H groups in total. The summed E-state index contributed by atoms with van der Waals surface area (Å²) in [7, 11) is 0. The SMILES string of the molecule is Cc1cc(C)cc(OCC(=O)NNC(=O)c2cc(C3CC3)on2)c1. The number of carbonyl (C=O) groups excluding carboxylic acids is 2. The highest BCUT2D eigenvalue weighted by molar-refractivity contribution is 5.93. The Balaban J connectivity index is 1.45. The van der Waals surface area contributed by atoms with E-state index in [4.69, 9.17) is 9.26 Å². The number of nitrogens with zero attached hydrogens (tertiary/aromatic N) is 1. The third kappa shape index (κ3) is 4.13. The number of aryl methyl sites for hydroxylation is 2. The minimum absolute atomic E-state index is 0.146. The van der Waals surface area contributed by atoms with Crippen LogP contribution in [0.5, 0.6) is 5.75 Å². The van der Waals surface area contributed by atoms with Gasteiger partial charge in [-0.3, -0.25) is 20.4 Å². The van der Waals surface area contributed by atoms with Crippen LogP contribution in [0, 0.1) is 13.8 Å². The van der Waals surface area contributed by atoms with Crippen molar-refractivity contribution < 1.29 is 18.8 Å². The predicted molar refractivity (Wildman–Crippen MR) is 85.5 cm³/mol. The van der Waals surface area contributed by atoms with Gasteiger partial charge in [-0.2, -0.15) is 0 Å². The Bertz CT molecular complexity index is 745. The molecule has 1 aromatic heterocycles. The van der Waals surface area contributed by atoms with Gasteiger partial charge in [-0.1, -0.05) is 11.2 Å². The fourth-order valence-electron chi connectivity index (χ4n) is 2.35. The largest absolute Gasteiger partial charge is 0.484 e. The van der Waals surface area contributed by atoms with Gasteiger partial charge in [0.25, 0.3) is 11.8 Å². The number of amides is 2. The number of aromatic nitrogens is 1.